The lowest BCUT2D eigenvalue weighted by Gasteiger charge is -2.31. The van der Waals surface area contributed by atoms with E-state index in [2.05, 4.69) is 10.6 Å². The number of piperazine rings is 1. The summed E-state index contributed by atoms with van der Waals surface area (Å²) in [6, 6.07) is 5.64. The summed E-state index contributed by atoms with van der Waals surface area (Å²) in [5, 5.41) is 5.10. The average Bonchev–Trinajstić information content (AvgIpc) is 2.55. The third kappa shape index (κ3) is 5.40. The fourth-order valence-electron chi connectivity index (χ4n) is 2.60. The molecule has 8 nitrogen and oxygen atoms in total. The Bertz CT molecular complexity index is 733. The van der Waals surface area contributed by atoms with Gasteiger partial charge in [-0.1, -0.05) is 17.7 Å². The molecule has 0 radical (unpaired) electrons. The minimum atomic E-state index is -3.59. The van der Waals surface area contributed by atoms with Crippen LogP contribution in [0.25, 0.3) is 0 Å². The number of rotatable bonds is 5. The predicted octanol–water partition coefficient (Wildman–Crippen LogP) is -0.925. The Morgan fingerprint density at radius 3 is 2.56 bits per heavy atom. The van der Waals surface area contributed by atoms with Crippen molar-refractivity contribution >= 4 is 33.6 Å². The zero-order chi connectivity index (χ0) is 18.4. The van der Waals surface area contributed by atoms with Crippen LogP contribution in [0.4, 0.5) is 4.79 Å². The van der Waals surface area contributed by atoms with Crippen LogP contribution in [0.2, 0.25) is 5.02 Å². The van der Waals surface area contributed by atoms with Crippen molar-refractivity contribution in [2.24, 2.45) is 0 Å². The molecule has 1 saturated heterocycles. The minimum Gasteiger partial charge on any atom is -0.338 e. The summed E-state index contributed by atoms with van der Waals surface area (Å²) in [5.74, 6) is -0.382. The van der Waals surface area contributed by atoms with Gasteiger partial charge in [0.2, 0.25) is 10.0 Å². The van der Waals surface area contributed by atoms with Crippen molar-refractivity contribution in [3.63, 3.8) is 0 Å². The smallest absolute Gasteiger partial charge is 0.321 e. The Labute approximate surface area is 152 Å². The van der Waals surface area contributed by atoms with Gasteiger partial charge in [0.25, 0.3) is 5.91 Å². The van der Waals surface area contributed by atoms with Crippen LogP contribution >= 0.6 is 11.6 Å². The highest BCUT2D eigenvalue weighted by atomic mass is 35.5. The number of sulfonamides is 1. The summed E-state index contributed by atoms with van der Waals surface area (Å²) >= 11 is 5.87. The molecule has 1 fully saturated rings. The third-order valence-corrected chi connectivity index (χ3v) is 5.99. The molecule has 2 rings (SSSR count). The van der Waals surface area contributed by atoms with Crippen LogP contribution in [0.5, 0.6) is 0 Å². The molecule has 3 N–H and O–H groups in total. The molecule has 1 aliphatic rings. The topological polar surface area (TPSA) is 100 Å². The predicted molar refractivity (Wildman–Crippen MR) is 93.0 cm³/mol. The number of nitrogens with zero attached hydrogens (tertiary/aromatic N) is 1. The lowest BCUT2D eigenvalue weighted by atomic mass is 10.3. The van der Waals surface area contributed by atoms with Crippen molar-refractivity contribution in [2.45, 2.75) is 11.8 Å². The highest BCUT2D eigenvalue weighted by Gasteiger charge is 2.31. The van der Waals surface area contributed by atoms with Gasteiger partial charge in [-0.2, -0.15) is 4.31 Å². The monoisotopic (exact) mass is 389 g/mol. The Morgan fingerprint density at radius 2 is 1.96 bits per heavy atom. The van der Waals surface area contributed by atoms with Crippen LogP contribution < -0.4 is 15.5 Å². The Kier molecular flexibility index (Phi) is 6.77. The molecule has 1 aliphatic heterocycles. The molecular weight excluding hydrogens is 368 g/mol. The molecule has 0 bridgehead atoms. The van der Waals surface area contributed by atoms with E-state index in [0.717, 1.165) is 4.90 Å². The summed E-state index contributed by atoms with van der Waals surface area (Å²) in [7, 11) is -3.59. The van der Waals surface area contributed by atoms with Gasteiger partial charge in [0, 0.05) is 11.6 Å². The van der Waals surface area contributed by atoms with Crippen LogP contribution in [-0.2, 0) is 14.8 Å². The second-order valence-electron chi connectivity index (χ2n) is 5.70. The van der Waals surface area contributed by atoms with Gasteiger partial charge in [0.15, 0.2) is 6.54 Å². The number of carbonyl (C=O) groups is 2. The summed E-state index contributed by atoms with van der Waals surface area (Å²) < 4.78 is 26.6. The number of urea groups is 1. The van der Waals surface area contributed by atoms with Crippen molar-refractivity contribution in [3.05, 3.63) is 29.3 Å². The number of hydrogen-bond acceptors (Lipinski definition) is 4. The van der Waals surface area contributed by atoms with Crippen molar-refractivity contribution in [2.75, 3.05) is 39.3 Å². The van der Waals surface area contributed by atoms with Gasteiger partial charge in [-0.3, -0.25) is 10.1 Å². The quantitative estimate of drug-likeness (QED) is 0.606. The fourth-order valence-corrected chi connectivity index (χ4v) is 4.34. The van der Waals surface area contributed by atoms with Gasteiger partial charge in [0.1, 0.15) is 0 Å². The average molecular weight is 390 g/mol. The van der Waals surface area contributed by atoms with Gasteiger partial charge in [0.05, 0.1) is 31.1 Å². The normalized spacial score (nSPS) is 16.4. The number of quaternary nitrogens is 1. The minimum absolute atomic E-state index is 0.127. The van der Waals surface area contributed by atoms with Crippen LogP contribution in [0.1, 0.15) is 6.92 Å². The lowest BCUT2D eigenvalue weighted by Crippen LogP contribution is -3.15. The second-order valence-corrected chi connectivity index (χ2v) is 8.07. The molecule has 138 valence electrons. The number of imide groups is 1. The summed E-state index contributed by atoms with van der Waals surface area (Å²) in [4.78, 5) is 24.2. The van der Waals surface area contributed by atoms with Gasteiger partial charge >= 0.3 is 6.03 Å². The van der Waals surface area contributed by atoms with Crippen LogP contribution in [-0.4, -0.2) is 63.9 Å². The van der Waals surface area contributed by atoms with E-state index >= 15 is 0 Å². The van der Waals surface area contributed by atoms with Gasteiger partial charge in [-0.15, -0.1) is 0 Å². The van der Waals surface area contributed by atoms with E-state index in [-0.39, 0.29) is 17.3 Å². The first-order valence-corrected chi connectivity index (χ1v) is 9.81. The second kappa shape index (κ2) is 8.61. The first-order chi connectivity index (χ1) is 11.8. The molecule has 1 aromatic carbocycles. The van der Waals surface area contributed by atoms with E-state index in [1.807, 2.05) is 0 Å². The highest BCUT2D eigenvalue weighted by Crippen LogP contribution is 2.19. The lowest BCUT2D eigenvalue weighted by molar-refractivity contribution is -0.895. The van der Waals surface area contributed by atoms with Crippen molar-refractivity contribution in [1.82, 2.24) is 14.9 Å². The zero-order valence-electron chi connectivity index (χ0n) is 13.9. The number of amides is 3. The first kappa shape index (κ1) is 19.6. The maximum absolute atomic E-state index is 12.6. The molecule has 25 heavy (non-hydrogen) atoms. The molecule has 1 heterocycles. The molecule has 1 aromatic rings. The fraction of sp³-hybridized carbons (Fsp3) is 0.467. The van der Waals surface area contributed by atoms with E-state index < -0.39 is 16.1 Å². The van der Waals surface area contributed by atoms with Crippen LogP contribution in [0.15, 0.2) is 29.2 Å². The van der Waals surface area contributed by atoms with Crippen molar-refractivity contribution < 1.29 is 22.9 Å². The van der Waals surface area contributed by atoms with Gasteiger partial charge in [-0.05, 0) is 25.1 Å². The molecule has 0 saturated carbocycles. The van der Waals surface area contributed by atoms with E-state index in [0.29, 0.717) is 37.7 Å². The van der Waals surface area contributed by atoms with E-state index in [4.69, 9.17) is 11.6 Å². The van der Waals surface area contributed by atoms with Crippen LogP contribution in [0.3, 0.4) is 0 Å². The Balaban J connectivity index is 1.89. The standard InChI is InChI=1S/C15H21ClN4O4S/c1-2-17-15(22)18-14(21)11-19-6-8-20(9-7-19)25(23,24)13-5-3-4-12(16)10-13/h3-5,10H,2,6-9,11H2,1H3,(H2,17,18,21,22)/p+1. The van der Waals surface area contributed by atoms with Crippen molar-refractivity contribution in [1.29, 1.82) is 0 Å². The summed E-state index contributed by atoms with van der Waals surface area (Å²) in [6.07, 6.45) is 0. The third-order valence-electron chi connectivity index (χ3n) is 3.86. The number of halogens is 1. The van der Waals surface area contributed by atoms with E-state index in [1.165, 1.54) is 16.4 Å². The molecule has 0 atom stereocenters. The number of hydrogen-bond donors (Lipinski definition) is 3. The van der Waals surface area contributed by atoms with E-state index in [1.54, 1.807) is 19.1 Å². The van der Waals surface area contributed by atoms with Crippen LogP contribution in [0, 0.1) is 0 Å². The Hall–Kier alpha value is -1.68. The molecule has 0 aliphatic carbocycles. The summed E-state index contributed by atoms with van der Waals surface area (Å²) in [6.45, 7) is 3.91. The van der Waals surface area contributed by atoms with Crippen molar-refractivity contribution in [3.8, 4) is 0 Å². The largest absolute Gasteiger partial charge is 0.338 e. The molecule has 10 heteroatoms. The molecule has 0 unspecified atom stereocenters. The van der Waals surface area contributed by atoms with Gasteiger partial charge < -0.3 is 10.2 Å². The number of nitrogens with one attached hydrogen (secondary N) is 3. The maximum Gasteiger partial charge on any atom is 0.321 e. The SMILES string of the molecule is CCNC(=O)NC(=O)C[NH+]1CCN(S(=O)(=O)c2cccc(Cl)c2)CC1. The van der Waals surface area contributed by atoms with Gasteiger partial charge in [-0.25, -0.2) is 13.2 Å². The molecular formula is C15H22ClN4O4S+. The molecule has 0 spiro atoms. The van der Waals surface area contributed by atoms with E-state index in [9.17, 15) is 18.0 Å². The first-order valence-electron chi connectivity index (χ1n) is 8.00. The maximum atomic E-state index is 12.6. The zero-order valence-corrected chi connectivity index (χ0v) is 15.5. The number of carbonyl (C=O) groups excluding carboxylic acids is 2. The highest BCUT2D eigenvalue weighted by molar-refractivity contribution is 7.89. The molecule has 3 amide bonds. The summed E-state index contributed by atoms with van der Waals surface area (Å²) in [5.41, 5.74) is 0. The molecule has 0 aromatic heterocycles. The number of benzene rings is 1. The Morgan fingerprint density at radius 1 is 1.28 bits per heavy atom.